The highest BCUT2D eigenvalue weighted by molar-refractivity contribution is 9.10. The molecular formula is C12H13BrN4O. The van der Waals surface area contributed by atoms with Crippen LogP contribution in [0.2, 0.25) is 0 Å². The van der Waals surface area contributed by atoms with Crippen molar-refractivity contribution < 1.29 is 4.74 Å². The average Bonchev–Trinajstić information content (AvgIpc) is 2.38. The van der Waals surface area contributed by atoms with Gasteiger partial charge in [0.2, 0.25) is 0 Å². The van der Waals surface area contributed by atoms with Crippen molar-refractivity contribution >= 4 is 21.7 Å². The number of halogens is 1. The van der Waals surface area contributed by atoms with Crippen molar-refractivity contribution in [2.75, 3.05) is 19.5 Å². The lowest BCUT2D eigenvalue weighted by molar-refractivity contribution is 0.412. The molecule has 0 radical (unpaired) electrons. The minimum absolute atomic E-state index is 0.635. The monoisotopic (exact) mass is 308 g/mol. The first kappa shape index (κ1) is 12.8. The van der Waals surface area contributed by atoms with E-state index >= 15 is 0 Å². The minimum Gasteiger partial charge on any atom is -0.496 e. The summed E-state index contributed by atoms with van der Waals surface area (Å²) in [6.45, 7) is 1.81. The van der Waals surface area contributed by atoms with Gasteiger partial charge in [0, 0.05) is 12.6 Å². The summed E-state index contributed by atoms with van der Waals surface area (Å²) in [6, 6.07) is 5.73. The van der Waals surface area contributed by atoms with E-state index in [9.17, 15) is 0 Å². The van der Waals surface area contributed by atoms with Gasteiger partial charge >= 0.3 is 0 Å². The van der Waals surface area contributed by atoms with Gasteiger partial charge in [0.1, 0.15) is 17.3 Å². The van der Waals surface area contributed by atoms with E-state index in [2.05, 4.69) is 36.4 Å². The number of hydrogen-bond donors (Lipinski definition) is 1. The van der Waals surface area contributed by atoms with E-state index in [1.54, 1.807) is 7.11 Å². The summed E-state index contributed by atoms with van der Waals surface area (Å²) in [4.78, 5) is 4.31. The molecule has 0 aliphatic rings. The summed E-state index contributed by atoms with van der Waals surface area (Å²) >= 11 is 3.45. The van der Waals surface area contributed by atoms with Gasteiger partial charge in [0.25, 0.3) is 0 Å². The van der Waals surface area contributed by atoms with Gasteiger partial charge in [-0.25, -0.2) is 4.98 Å². The van der Waals surface area contributed by atoms with Crippen LogP contribution in [0.5, 0.6) is 5.75 Å². The molecule has 0 saturated heterocycles. The number of hydrogen-bond acceptors (Lipinski definition) is 5. The number of nitrogens with zero attached hydrogens (tertiary/aromatic N) is 3. The van der Waals surface area contributed by atoms with Crippen LogP contribution >= 0.6 is 15.9 Å². The van der Waals surface area contributed by atoms with E-state index < -0.39 is 0 Å². The van der Waals surface area contributed by atoms with Gasteiger partial charge in [-0.15, -0.1) is 10.2 Å². The molecule has 2 rings (SSSR count). The molecule has 0 aliphatic carbocycles. The van der Waals surface area contributed by atoms with E-state index in [1.165, 1.54) is 0 Å². The summed E-state index contributed by atoms with van der Waals surface area (Å²) in [5, 5.41) is 11.2. The fraction of sp³-hybridized carbons (Fsp3) is 0.250. The largest absolute Gasteiger partial charge is 0.496 e. The lowest BCUT2D eigenvalue weighted by Crippen LogP contribution is -2.02. The summed E-state index contributed by atoms with van der Waals surface area (Å²) < 4.78 is 6.06. The van der Waals surface area contributed by atoms with Crippen LogP contribution in [0.15, 0.2) is 22.7 Å². The Balaban J connectivity index is 2.51. The van der Waals surface area contributed by atoms with Crippen LogP contribution in [-0.4, -0.2) is 29.3 Å². The predicted molar refractivity (Wildman–Crippen MR) is 73.8 cm³/mol. The van der Waals surface area contributed by atoms with Gasteiger partial charge in [-0.2, -0.15) is 0 Å². The van der Waals surface area contributed by atoms with Gasteiger partial charge in [0.15, 0.2) is 5.82 Å². The Kier molecular flexibility index (Phi) is 3.76. The van der Waals surface area contributed by atoms with Gasteiger partial charge in [0.05, 0.1) is 11.6 Å². The summed E-state index contributed by atoms with van der Waals surface area (Å²) in [6.07, 6.45) is 0. The van der Waals surface area contributed by atoms with Crippen molar-refractivity contribution in [1.82, 2.24) is 15.2 Å². The molecule has 0 amide bonds. The number of ether oxygens (including phenoxy) is 1. The molecular weight excluding hydrogens is 296 g/mol. The molecule has 1 aromatic carbocycles. The Bertz CT molecular complexity index is 574. The van der Waals surface area contributed by atoms with Crippen LogP contribution in [0.4, 0.5) is 5.82 Å². The van der Waals surface area contributed by atoms with E-state index in [1.807, 2.05) is 32.2 Å². The highest BCUT2D eigenvalue weighted by Crippen LogP contribution is 2.31. The molecule has 1 N–H and O–H groups in total. The highest BCUT2D eigenvalue weighted by Gasteiger charge is 2.11. The van der Waals surface area contributed by atoms with Crippen molar-refractivity contribution in [1.29, 1.82) is 0 Å². The van der Waals surface area contributed by atoms with Crippen LogP contribution in [-0.2, 0) is 0 Å². The first-order chi connectivity index (χ1) is 8.65. The van der Waals surface area contributed by atoms with Gasteiger partial charge in [-0.1, -0.05) is 0 Å². The molecule has 0 bridgehead atoms. The van der Waals surface area contributed by atoms with Crippen LogP contribution in [0, 0.1) is 6.92 Å². The number of aromatic nitrogens is 3. The second kappa shape index (κ2) is 5.30. The normalized spacial score (nSPS) is 10.2. The third kappa shape index (κ3) is 2.43. The van der Waals surface area contributed by atoms with E-state index in [-0.39, 0.29) is 0 Å². The zero-order chi connectivity index (χ0) is 13.1. The van der Waals surface area contributed by atoms with Crippen LogP contribution < -0.4 is 10.1 Å². The second-order valence-electron chi connectivity index (χ2n) is 3.66. The van der Waals surface area contributed by atoms with E-state index in [0.717, 1.165) is 15.8 Å². The Hall–Kier alpha value is -1.69. The Morgan fingerprint density at radius 2 is 2.06 bits per heavy atom. The number of methoxy groups -OCH3 is 1. The maximum Gasteiger partial charge on any atom is 0.156 e. The molecule has 6 heteroatoms. The summed E-state index contributed by atoms with van der Waals surface area (Å²) in [5.74, 6) is 2.12. The van der Waals surface area contributed by atoms with Crippen LogP contribution in [0.25, 0.3) is 11.3 Å². The van der Waals surface area contributed by atoms with Crippen LogP contribution in [0.1, 0.15) is 5.82 Å². The van der Waals surface area contributed by atoms with Crippen molar-refractivity contribution in [3.63, 3.8) is 0 Å². The SMILES string of the molecule is CNc1nc(C)nnc1-c1ccc(OC)c(Br)c1. The maximum absolute atomic E-state index is 5.20. The molecule has 0 fully saturated rings. The van der Waals surface area contributed by atoms with Crippen molar-refractivity contribution in [2.45, 2.75) is 6.92 Å². The van der Waals surface area contributed by atoms with Gasteiger partial charge < -0.3 is 10.1 Å². The number of anilines is 1. The molecule has 5 nitrogen and oxygen atoms in total. The molecule has 0 spiro atoms. The zero-order valence-corrected chi connectivity index (χ0v) is 11.9. The molecule has 1 aromatic heterocycles. The molecule has 0 saturated carbocycles. The quantitative estimate of drug-likeness (QED) is 0.944. The molecule has 2 aromatic rings. The minimum atomic E-state index is 0.635. The fourth-order valence-electron chi connectivity index (χ4n) is 1.59. The first-order valence-corrected chi connectivity index (χ1v) is 6.18. The smallest absolute Gasteiger partial charge is 0.156 e. The van der Waals surface area contributed by atoms with Crippen LogP contribution in [0.3, 0.4) is 0 Å². The summed E-state index contributed by atoms with van der Waals surface area (Å²) in [7, 11) is 3.44. The topological polar surface area (TPSA) is 59.9 Å². The van der Waals surface area contributed by atoms with Crippen molar-refractivity contribution in [2.24, 2.45) is 0 Å². The standard InChI is InChI=1S/C12H13BrN4O/c1-7-15-12(14-2)11(17-16-7)8-4-5-10(18-3)9(13)6-8/h4-6H,1-3H3,(H,14,15,16). The number of nitrogens with one attached hydrogen (secondary N) is 1. The fourth-order valence-corrected chi connectivity index (χ4v) is 2.13. The number of aryl methyl sites for hydroxylation is 1. The van der Waals surface area contributed by atoms with E-state index in [4.69, 9.17) is 4.74 Å². The number of rotatable bonds is 3. The lowest BCUT2D eigenvalue weighted by Gasteiger charge is -2.09. The molecule has 0 aliphatic heterocycles. The van der Waals surface area contributed by atoms with Gasteiger partial charge in [-0.05, 0) is 41.1 Å². The third-order valence-corrected chi connectivity index (χ3v) is 3.07. The Morgan fingerprint density at radius 1 is 1.28 bits per heavy atom. The molecule has 94 valence electrons. The molecule has 1 heterocycles. The Morgan fingerprint density at radius 3 is 2.67 bits per heavy atom. The molecule has 0 unspecified atom stereocenters. The van der Waals surface area contributed by atoms with Crippen molar-refractivity contribution in [3.05, 3.63) is 28.5 Å². The first-order valence-electron chi connectivity index (χ1n) is 5.38. The molecule has 18 heavy (non-hydrogen) atoms. The second-order valence-corrected chi connectivity index (χ2v) is 4.51. The lowest BCUT2D eigenvalue weighted by atomic mass is 10.1. The third-order valence-electron chi connectivity index (χ3n) is 2.45. The predicted octanol–water partition coefficient (Wildman–Crippen LogP) is 2.66. The zero-order valence-electron chi connectivity index (χ0n) is 10.4. The van der Waals surface area contributed by atoms with Gasteiger partial charge in [-0.3, -0.25) is 0 Å². The van der Waals surface area contributed by atoms with E-state index in [0.29, 0.717) is 17.3 Å². The highest BCUT2D eigenvalue weighted by atomic mass is 79.9. The average molecular weight is 309 g/mol. The number of benzene rings is 1. The molecule has 0 atom stereocenters. The van der Waals surface area contributed by atoms with Crippen molar-refractivity contribution in [3.8, 4) is 17.0 Å². The maximum atomic E-state index is 5.20. The Labute approximate surface area is 114 Å². The summed E-state index contributed by atoms with van der Waals surface area (Å²) in [5.41, 5.74) is 1.64.